The van der Waals surface area contributed by atoms with E-state index in [2.05, 4.69) is 30.2 Å². The Bertz CT molecular complexity index is 391. The molecule has 0 bridgehead atoms. The van der Waals surface area contributed by atoms with E-state index in [1.165, 1.54) is 44.1 Å². The number of aryl methyl sites for hydroxylation is 2. The Balaban J connectivity index is 2.13. The Morgan fingerprint density at radius 2 is 2.00 bits per heavy atom. The van der Waals surface area contributed by atoms with Crippen LogP contribution >= 0.6 is 0 Å². The normalized spacial score (nSPS) is 19.6. The highest BCUT2D eigenvalue weighted by Crippen LogP contribution is 2.28. The second-order valence-electron chi connectivity index (χ2n) is 5.91. The van der Waals surface area contributed by atoms with Gasteiger partial charge in [0.1, 0.15) is 0 Å². The highest BCUT2D eigenvalue weighted by molar-refractivity contribution is 5.20. The zero-order valence-electron chi connectivity index (χ0n) is 12.6. The highest BCUT2D eigenvalue weighted by Gasteiger charge is 2.26. The average Bonchev–Trinajstić information content (AvgIpc) is 2.61. The predicted octanol–water partition coefficient (Wildman–Crippen LogP) is 2.38. The maximum Gasteiger partial charge on any atom is 0.0641 e. The second kappa shape index (κ2) is 6.53. The molecule has 108 valence electrons. The summed E-state index contributed by atoms with van der Waals surface area (Å²) in [5, 5.41) is 4.46. The molecule has 0 aliphatic heterocycles. The van der Waals surface area contributed by atoms with Crippen LogP contribution in [0.15, 0.2) is 6.20 Å². The molecule has 4 heteroatoms. The molecule has 1 aliphatic carbocycles. The fourth-order valence-electron chi connectivity index (χ4n) is 3.38. The summed E-state index contributed by atoms with van der Waals surface area (Å²) in [4.78, 5) is 2.50. The monoisotopic (exact) mass is 264 g/mol. The van der Waals surface area contributed by atoms with Gasteiger partial charge in [0.25, 0.3) is 0 Å². The van der Waals surface area contributed by atoms with E-state index in [9.17, 15) is 0 Å². The van der Waals surface area contributed by atoms with Gasteiger partial charge in [0.05, 0.1) is 11.7 Å². The van der Waals surface area contributed by atoms with Gasteiger partial charge >= 0.3 is 0 Å². The molecule has 19 heavy (non-hydrogen) atoms. The maximum absolute atomic E-state index is 6.05. The lowest BCUT2D eigenvalue weighted by atomic mass is 10.0. The van der Waals surface area contributed by atoms with Crippen molar-refractivity contribution < 1.29 is 0 Å². The molecule has 0 saturated heterocycles. The first kappa shape index (κ1) is 14.5. The third kappa shape index (κ3) is 3.37. The zero-order valence-corrected chi connectivity index (χ0v) is 12.6. The molecule has 1 fully saturated rings. The molecule has 2 rings (SSSR count). The van der Waals surface area contributed by atoms with Crippen molar-refractivity contribution >= 4 is 0 Å². The van der Waals surface area contributed by atoms with E-state index >= 15 is 0 Å². The fourth-order valence-corrected chi connectivity index (χ4v) is 3.38. The van der Waals surface area contributed by atoms with Gasteiger partial charge in [0.15, 0.2) is 0 Å². The predicted molar refractivity (Wildman–Crippen MR) is 79.0 cm³/mol. The van der Waals surface area contributed by atoms with Crippen LogP contribution < -0.4 is 5.73 Å². The van der Waals surface area contributed by atoms with Gasteiger partial charge in [-0.1, -0.05) is 25.7 Å². The Kier molecular flexibility index (Phi) is 4.99. The van der Waals surface area contributed by atoms with Crippen molar-refractivity contribution in [1.82, 2.24) is 14.7 Å². The third-order valence-corrected chi connectivity index (χ3v) is 4.53. The lowest BCUT2D eigenvalue weighted by Gasteiger charge is -2.34. The first-order chi connectivity index (χ1) is 9.13. The van der Waals surface area contributed by atoms with Crippen molar-refractivity contribution in [2.24, 2.45) is 12.8 Å². The lowest BCUT2D eigenvalue weighted by Crippen LogP contribution is -2.38. The van der Waals surface area contributed by atoms with Crippen LogP contribution in [0.2, 0.25) is 0 Å². The minimum absolute atomic E-state index is 0.303. The van der Waals surface area contributed by atoms with E-state index < -0.39 is 0 Å². The standard InChI is InChI=1S/C15H28N4/c1-12-14(11-18(2)17-12)15(10-16)19(3)13-8-6-4-5-7-9-13/h11,13,15H,4-10,16H2,1-3H3. The first-order valence-corrected chi connectivity index (χ1v) is 7.55. The van der Waals surface area contributed by atoms with Gasteiger partial charge in [-0.2, -0.15) is 5.10 Å². The smallest absolute Gasteiger partial charge is 0.0641 e. The largest absolute Gasteiger partial charge is 0.329 e. The maximum atomic E-state index is 6.05. The molecule has 1 aromatic heterocycles. The lowest BCUT2D eigenvalue weighted by molar-refractivity contribution is 0.161. The summed E-state index contributed by atoms with van der Waals surface area (Å²) >= 11 is 0. The molecule has 0 radical (unpaired) electrons. The Labute approximate surface area is 117 Å². The van der Waals surface area contributed by atoms with Gasteiger partial charge in [-0.05, 0) is 26.8 Å². The highest BCUT2D eigenvalue weighted by atomic mass is 15.3. The summed E-state index contributed by atoms with van der Waals surface area (Å²) in [5.41, 5.74) is 8.45. The third-order valence-electron chi connectivity index (χ3n) is 4.53. The quantitative estimate of drug-likeness (QED) is 0.849. The van der Waals surface area contributed by atoms with Gasteiger partial charge in [-0.3, -0.25) is 9.58 Å². The van der Waals surface area contributed by atoms with Gasteiger partial charge in [-0.25, -0.2) is 0 Å². The summed E-state index contributed by atoms with van der Waals surface area (Å²) < 4.78 is 1.90. The van der Waals surface area contributed by atoms with E-state index in [1.54, 1.807) is 0 Å². The minimum Gasteiger partial charge on any atom is -0.329 e. The van der Waals surface area contributed by atoms with Gasteiger partial charge in [-0.15, -0.1) is 0 Å². The molecule has 1 unspecified atom stereocenters. The van der Waals surface area contributed by atoms with Crippen molar-refractivity contribution in [2.45, 2.75) is 57.5 Å². The number of aromatic nitrogens is 2. The average molecular weight is 264 g/mol. The Morgan fingerprint density at radius 1 is 1.37 bits per heavy atom. The summed E-state index contributed by atoms with van der Waals surface area (Å²) in [5.74, 6) is 0. The van der Waals surface area contributed by atoms with Crippen LogP contribution in [0.3, 0.4) is 0 Å². The van der Waals surface area contributed by atoms with Crippen LogP contribution in [0.5, 0.6) is 0 Å². The molecular weight excluding hydrogens is 236 g/mol. The van der Waals surface area contributed by atoms with Crippen molar-refractivity contribution in [2.75, 3.05) is 13.6 Å². The number of hydrogen-bond donors (Lipinski definition) is 1. The van der Waals surface area contributed by atoms with Crippen LogP contribution in [0, 0.1) is 6.92 Å². The number of hydrogen-bond acceptors (Lipinski definition) is 3. The molecule has 1 aliphatic rings. The van der Waals surface area contributed by atoms with E-state index in [0.717, 1.165) is 5.69 Å². The number of nitrogens with two attached hydrogens (primary N) is 1. The van der Waals surface area contributed by atoms with Crippen molar-refractivity contribution in [1.29, 1.82) is 0 Å². The Hall–Kier alpha value is -0.870. The van der Waals surface area contributed by atoms with Crippen molar-refractivity contribution in [3.8, 4) is 0 Å². The van der Waals surface area contributed by atoms with Gasteiger partial charge < -0.3 is 5.73 Å². The first-order valence-electron chi connectivity index (χ1n) is 7.55. The zero-order chi connectivity index (χ0) is 13.8. The van der Waals surface area contributed by atoms with Crippen molar-refractivity contribution in [3.05, 3.63) is 17.5 Å². The van der Waals surface area contributed by atoms with Crippen LogP contribution in [0.25, 0.3) is 0 Å². The van der Waals surface area contributed by atoms with Crippen LogP contribution in [-0.2, 0) is 7.05 Å². The van der Waals surface area contributed by atoms with Crippen LogP contribution in [0.4, 0.5) is 0 Å². The molecular formula is C15H28N4. The molecule has 1 heterocycles. The van der Waals surface area contributed by atoms with Gasteiger partial charge in [0.2, 0.25) is 0 Å². The summed E-state index contributed by atoms with van der Waals surface area (Å²) in [7, 11) is 4.22. The summed E-state index contributed by atoms with van der Waals surface area (Å²) in [6.07, 6.45) is 10.3. The molecule has 1 atom stereocenters. The summed E-state index contributed by atoms with van der Waals surface area (Å²) in [6.45, 7) is 2.75. The second-order valence-corrected chi connectivity index (χ2v) is 5.91. The number of rotatable bonds is 4. The minimum atomic E-state index is 0.303. The molecule has 4 nitrogen and oxygen atoms in total. The SMILES string of the molecule is Cc1nn(C)cc1C(CN)N(C)C1CCCCCC1. The van der Waals surface area contributed by atoms with Gasteiger partial charge in [0, 0.05) is 31.4 Å². The van der Waals surface area contributed by atoms with E-state index in [4.69, 9.17) is 5.73 Å². The summed E-state index contributed by atoms with van der Waals surface area (Å²) in [6, 6.07) is 0.979. The molecule has 1 aromatic rings. The van der Waals surface area contributed by atoms with E-state index in [1.807, 2.05) is 11.7 Å². The molecule has 0 spiro atoms. The molecule has 0 aromatic carbocycles. The number of likely N-dealkylation sites (N-methyl/N-ethyl adjacent to an activating group) is 1. The van der Waals surface area contributed by atoms with Crippen LogP contribution in [0.1, 0.15) is 55.8 Å². The molecule has 1 saturated carbocycles. The number of nitrogens with zero attached hydrogens (tertiary/aromatic N) is 3. The molecule has 0 amide bonds. The van der Waals surface area contributed by atoms with E-state index in [-0.39, 0.29) is 0 Å². The van der Waals surface area contributed by atoms with Crippen molar-refractivity contribution in [3.63, 3.8) is 0 Å². The van der Waals surface area contributed by atoms with Crippen LogP contribution in [-0.4, -0.2) is 34.3 Å². The molecule has 2 N–H and O–H groups in total. The topological polar surface area (TPSA) is 47.1 Å². The Morgan fingerprint density at radius 3 is 2.47 bits per heavy atom. The van der Waals surface area contributed by atoms with E-state index in [0.29, 0.717) is 18.6 Å². The fraction of sp³-hybridized carbons (Fsp3) is 0.800.